The summed E-state index contributed by atoms with van der Waals surface area (Å²) in [6, 6.07) is -0.782. The van der Waals surface area contributed by atoms with Gasteiger partial charge in [0.05, 0.1) is 13.4 Å². The molecule has 1 aliphatic heterocycles. The van der Waals surface area contributed by atoms with Crippen LogP contribution in [0.25, 0.3) is 0 Å². The van der Waals surface area contributed by atoms with E-state index >= 15 is 0 Å². The van der Waals surface area contributed by atoms with Gasteiger partial charge in [-0.3, -0.25) is 4.79 Å². The van der Waals surface area contributed by atoms with Gasteiger partial charge in [-0.05, 0) is 13.0 Å². The molecule has 0 aromatic heterocycles. The summed E-state index contributed by atoms with van der Waals surface area (Å²) in [7, 11) is 1.28. The zero-order chi connectivity index (χ0) is 11.5. The highest BCUT2D eigenvalue weighted by Crippen LogP contribution is 2.27. The molecule has 1 heterocycles. The molecule has 2 unspecified atom stereocenters. The zero-order valence-corrected chi connectivity index (χ0v) is 9.07. The van der Waals surface area contributed by atoms with E-state index in [1.54, 1.807) is 13.0 Å². The predicted octanol–water partition coefficient (Wildman–Crippen LogP) is 0.357. The third kappa shape index (κ3) is 2.49. The van der Waals surface area contributed by atoms with E-state index in [4.69, 9.17) is 4.74 Å². The van der Waals surface area contributed by atoms with Crippen molar-refractivity contribution in [3.63, 3.8) is 0 Å². The number of hydrogen-bond acceptors (Lipinski definition) is 4. The van der Waals surface area contributed by atoms with Crippen LogP contribution in [-0.2, 0) is 19.1 Å². The maximum Gasteiger partial charge on any atom is 0.332 e. The van der Waals surface area contributed by atoms with E-state index in [-0.39, 0.29) is 5.91 Å². The summed E-state index contributed by atoms with van der Waals surface area (Å²) < 4.78 is 9.96. The maximum absolute atomic E-state index is 11.5. The lowest BCUT2D eigenvalue weighted by Crippen LogP contribution is -2.55. The summed E-state index contributed by atoms with van der Waals surface area (Å²) >= 11 is 0. The Morgan fingerprint density at radius 1 is 1.60 bits per heavy atom. The third-order valence-electron chi connectivity index (χ3n) is 2.35. The second-order valence-electron chi connectivity index (χ2n) is 3.66. The van der Waals surface area contributed by atoms with E-state index in [1.807, 2.05) is 0 Å². The molecule has 1 aliphatic rings. The van der Waals surface area contributed by atoms with Gasteiger partial charge in [-0.1, -0.05) is 0 Å². The lowest BCUT2D eigenvalue weighted by Gasteiger charge is -2.31. The monoisotopic (exact) mass is 213 g/mol. The molecular weight excluding hydrogens is 198 g/mol. The first-order valence-electron chi connectivity index (χ1n) is 4.67. The minimum Gasteiger partial charge on any atom is -0.492 e. The normalized spacial score (nSPS) is 25.5. The van der Waals surface area contributed by atoms with Crippen molar-refractivity contribution in [3.8, 4) is 0 Å². The highest BCUT2D eigenvalue weighted by molar-refractivity contribution is 5.84. The zero-order valence-electron chi connectivity index (χ0n) is 9.07. The van der Waals surface area contributed by atoms with Gasteiger partial charge in [-0.15, -0.1) is 0 Å². The van der Waals surface area contributed by atoms with Crippen LogP contribution >= 0.6 is 0 Å². The molecule has 5 nitrogen and oxygen atoms in total. The van der Waals surface area contributed by atoms with Crippen molar-refractivity contribution in [2.45, 2.75) is 31.9 Å². The van der Waals surface area contributed by atoms with Gasteiger partial charge < -0.3 is 14.8 Å². The standard InChI is InChI=1S/C10H15NO4/c1-7(12)11-8(9(13)14-3)10(2)5-4-6-15-10/h4,6,8H,5H2,1-3H3,(H,11,12). The summed E-state index contributed by atoms with van der Waals surface area (Å²) in [5.41, 5.74) is -0.751. The predicted molar refractivity (Wildman–Crippen MR) is 52.9 cm³/mol. The number of rotatable bonds is 3. The van der Waals surface area contributed by atoms with Crippen molar-refractivity contribution in [2.75, 3.05) is 7.11 Å². The summed E-state index contributed by atoms with van der Waals surface area (Å²) in [5.74, 6) is -0.793. The van der Waals surface area contributed by atoms with Crippen LogP contribution in [-0.4, -0.2) is 30.6 Å². The average molecular weight is 213 g/mol. The molecule has 0 aromatic carbocycles. The Balaban J connectivity index is 2.80. The third-order valence-corrected chi connectivity index (χ3v) is 2.35. The second kappa shape index (κ2) is 4.33. The summed E-state index contributed by atoms with van der Waals surface area (Å²) in [6.07, 6.45) is 3.89. The van der Waals surface area contributed by atoms with Crippen LogP contribution in [0.3, 0.4) is 0 Å². The van der Waals surface area contributed by atoms with E-state index < -0.39 is 17.6 Å². The van der Waals surface area contributed by atoms with Gasteiger partial charge in [0, 0.05) is 13.3 Å². The molecule has 84 valence electrons. The highest BCUT2D eigenvalue weighted by Gasteiger charge is 2.43. The van der Waals surface area contributed by atoms with Crippen molar-refractivity contribution in [3.05, 3.63) is 12.3 Å². The molecule has 5 heteroatoms. The van der Waals surface area contributed by atoms with E-state index in [9.17, 15) is 9.59 Å². The first kappa shape index (κ1) is 11.6. The summed E-state index contributed by atoms with van der Waals surface area (Å²) in [6.45, 7) is 3.10. The van der Waals surface area contributed by atoms with Gasteiger partial charge in [0.1, 0.15) is 5.60 Å². The number of methoxy groups -OCH3 is 1. The molecule has 0 saturated carbocycles. The quantitative estimate of drug-likeness (QED) is 0.687. The van der Waals surface area contributed by atoms with Crippen LogP contribution in [0, 0.1) is 0 Å². The Bertz CT molecular complexity index is 290. The lowest BCUT2D eigenvalue weighted by molar-refractivity contribution is -0.151. The molecule has 15 heavy (non-hydrogen) atoms. The average Bonchev–Trinajstić information content (AvgIpc) is 2.61. The Morgan fingerprint density at radius 3 is 2.67 bits per heavy atom. The van der Waals surface area contributed by atoms with Crippen LogP contribution in [0.5, 0.6) is 0 Å². The van der Waals surface area contributed by atoms with Gasteiger partial charge in [0.15, 0.2) is 6.04 Å². The van der Waals surface area contributed by atoms with Gasteiger partial charge in [-0.2, -0.15) is 0 Å². The van der Waals surface area contributed by atoms with Gasteiger partial charge in [0.2, 0.25) is 5.91 Å². The number of carbonyl (C=O) groups excluding carboxylic acids is 2. The second-order valence-corrected chi connectivity index (χ2v) is 3.66. The highest BCUT2D eigenvalue weighted by atomic mass is 16.5. The minimum atomic E-state index is -0.782. The Labute approximate surface area is 88.4 Å². The van der Waals surface area contributed by atoms with E-state index in [1.165, 1.54) is 20.3 Å². The maximum atomic E-state index is 11.5. The molecule has 0 fully saturated rings. The van der Waals surface area contributed by atoms with E-state index in [2.05, 4.69) is 10.1 Å². The number of hydrogen-bond donors (Lipinski definition) is 1. The number of ether oxygens (including phenoxy) is 2. The van der Waals surface area contributed by atoms with Gasteiger partial charge in [-0.25, -0.2) is 4.79 Å². The Hall–Kier alpha value is -1.52. The topological polar surface area (TPSA) is 64.6 Å². The van der Waals surface area contributed by atoms with Crippen LogP contribution in [0.4, 0.5) is 0 Å². The first-order chi connectivity index (χ1) is 6.99. The SMILES string of the molecule is COC(=O)C(NC(C)=O)C1(C)CC=CO1. The fourth-order valence-corrected chi connectivity index (χ4v) is 1.50. The Morgan fingerprint density at radius 2 is 2.27 bits per heavy atom. The van der Waals surface area contributed by atoms with Gasteiger partial charge in [0.25, 0.3) is 0 Å². The number of nitrogens with one attached hydrogen (secondary N) is 1. The molecule has 1 amide bonds. The molecule has 2 atom stereocenters. The molecule has 0 aromatic rings. The Kier molecular flexibility index (Phi) is 3.34. The minimum absolute atomic E-state index is 0.290. The molecule has 1 rings (SSSR count). The molecule has 0 radical (unpaired) electrons. The largest absolute Gasteiger partial charge is 0.492 e. The molecule has 0 aliphatic carbocycles. The first-order valence-corrected chi connectivity index (χ1v) is 4.67. The van der Waals surface area contributed by atoms with Crippen molar-refractivity contribution < 1.29 is 19.1 Å². The van der Waals surface area contributed by atoms with Crippen LogP contribution in [0.2, 0.25) is 0 Å². The van der Waals surface area contributed by atoms with Crippen LogP contribution in [0.15, 0.2) is 12.3 Å². The number of amides is 1. The molecule has 1 N–H and O–H groups in total. The molecule has 0 spiro atoms. The molecular formula is C10H15NO4. The van der Waals surface area contributed by atoms with Crippen molar-refractivity contribution >= 4 is 11.9 Å². The van der Waals surface area contributed by atoms with Crippen molar-refractivity contribution in [1.82, 2.24) is 5.32 Å². The fourth-order valence-electron chi connectivity index (χ4n) is 1.50. The number of carbonyl (C=O) groups is 2. The number of esters is 1. The van der Waals surface area contributed by atoms with Crippen molar-refractivity contribution in [1.29, 1.82) is 0 Å². The van der Waals surface area contributed by atoms with Crippen LogP contribution in [0.1, 0.15) is 20.3 Å². The van der Waals surface area contributed by atoms with Crippen LogP contribution < -0.4 is 5.32 Å². The summed E-state index contributed by atoms with van der Waals surface area (Å²) in [4.78, 5) is 22.5. The van der Waals surface area contributed by atoms with Gasteiger partial charge >= 0.3 is 5.97 Å². The molecule has 0 saturated heterocycles. The van der Waals surface area contributed by atoms with E-state index in [0.29, 0.717) is 6.42 Å². The summed E-state index contributed by atoms with van der Waals surface area (Å²) in [5, 5.41) is 2.53. The lowest BCUT2D eigenvalue weighted by atomic mass is 9.93. The van der Waals surface area contributed by atoms with Crippen molar-refractivity contribution in [2.24, 2.45) is 0 Å². The fraction of sp³-hybridized carbons (Fsp3) is 0.600. The molecule has 0 bridgehead atoms. The van der Waals surface area contributed by atoms with E-state index in [0.717, 1.165) is 0 Å². The smallest absolute Gasteiger partial charge is 0.332 e.